The maximum absolute atomic E-state index is 11.6. The van der Waals surface area contributed by atoms with E-state index in [1.807, 2.05) is 19.2 Å². The van der Waals surface area contributed by atoms with Gasteiger partial charge in [0.05, 0.1) is 13.2 Å². The van der Waals surface area contributed by atoms with Crippen LogP contribution < -0.4 is 10.1 Å². The molecule has 0 aromatic carbocycles. The lowest BCUT2D eigenvalue weighted by atomic mass is 10.2. The van der Waals surface area contributed by atoms with Gasteiger partial charge in [-0.3, -0.25) is 4.79 Å². The smallest absolute Gasteiger partial charge is 0.239 e. The second-order valence-electron chi connectivity index (χ2n) is 3.91. The molecule has 1 fully saturated rings. The lowest BCUT2D eigenvalue weighted by Crippen LogP contribution is -2.36. The zero-order chi connectivity index (χ0) is 11.5. The topological polar surface area (TPSA) is 41.6 Å². The number of likely N-dealkylation sites (N-methyl/N-ethyl adjacent to an activating group) is 1. The van der Waals surface area contributed by atoms with Crippen LogP contribution in [0, 0.1) is 0 Å². The first-order valence-corrected chi connectivity index (χ1v) is 6.13. The van der Waals surface area contributed by atoms with Crippen LogP contribution in [-0.4, -0.2) is 37.6 Å². The van der Waals surface area contributed by atoms with Crippen molar-refractivity contribution >= 4 is 17.2 Å². The molecule has 5 heteroatoms. The molecule has 1 aromatic heterocycles. The third-order valence-corrected chi connectivity index (χ3v) is 3.83. The van der Waals surface area contributed by atoms with E-state index in [1.165, 1.54) is 4.88 Å². The Bertz CT molecular complexity index is 378. The third kappa shape index (κ3) is 2.36. The number of nitrogens with one attached hydrogen (secondary N) is 1. The molecule has 1 aromatic rings. The average Bonchev–Trinajstić information content (AvgIpc) is 2.86. The van der Waals surface area contributed by atoms with Crippen LogP contribution in [0.5, 0.6) is 5.06 Å². The summed E-state index contributed by atoms with van der Waals surface area (Å²) in [6.07, 6.45) is 0.901. The Labute approximate surface area is 99.2 Å². The number of carbonyl (C=O) groups excluding carboxylic acids is 1. The Balaban J connectivity index is 1.85. The first-order valence-electron chi connectivity index (χ1n) is 5.32. The number of hydrogen-bond donors (Lipinski definition) is 1. The Morgan fingerprint density at radius 2 is 2.44 bits per heavy atom. The van der Waals surface area contributed by atoms with Gasteiger partial charge in [-0.2, -0.15) is 0 Å². The van der Waals surface area contributed by atoms with Gasteiger partial charge in [0.2, 0.25) is 5.91 Å². The summed E-state index contributed by atoms with van der Waals surface area (Å²) >= 11 is 1.61. The van der Waals surface area contributed by atoms with Gasteiger partial charge in [-0.15, -0.1) is 11.3 Å². The molecule has 1 amide bonds. The van der Waals surface area contributed by atoms with E-state index >= 15 is 0 Å². The Morgan fingerprint density at radius 1 is 1.62 bits per heavy atom. The van der Waals surface area contributed by atoms with Crippen molar-refractivity contribution in [1.82, 2.24) is 10.2 Å². The monoisotopic (exact) mass is 240 g/mol. The first-order chi connectivity index (χ1) is 7.70. The van der Waals surface area contributed by atoms with Gasteiger partial charge in [-0.1, -0.05) is 0 Å². The molecule has 2 heterocycles. The van der Waals surface area contributed by atoms with E-state index < -0.39 is 0 Å². The van der Waals surface area contributed by atoms with Crippen molar-refractivity contribution in [3.63, 3.8) is 0 Å². The van der Waals surface area contributed by atoms with E-state index in [-0.39, 0.29) is 11.9 Å². The van der Waals surface area contributed by atoms with Crippen LogP contribution >= 0.6 is 11.3 Å². The van der Waals surface area contributed by atoms with Gasteiger partial charge >= 0.3 is 0 Å². The molecule has 1 N–H and O–H groups in total. The molecule has 0 bridgehead atoms. The molecule has 2 rings (SSSR count). The number of amides is 1. The number of carbonyl (C=O) groups is 1. The highest BCUT2D eigenvalue weighted by molar-refractivity contribution is 7.13. The predicted molar refractivity (Wildman–Crippen MR) is 63.8 cm³/mol. The molecule has 1 saturated heterocycles. The van der Waals surface area contributed by atoms with E-state index in [0.29, 0.717) is 0 Å². The van der Waals surface area contributed by atoms with Crippen molar-refractivity contribution in [2.24, 2.45) is 0 Å². The van der Waals surface area contributed by atoms with Crippen molar-refractivity contribution in [2.45, 2.75) is 19.0 Å². The molecule has 0 saturated carbocycles. The number of likely N-dealkylation sites (tertiary alicyclic amines) is 1. The fraction of sp³-hybridized carbons (Fsp3) is 0.545. The Hall–Kier alpha value is -1.07. The van der Waals surface area contributed by atoms with Gasteiger partial charge < -0.3 is 15.0 Å². The summed E-state index contributed by atoms with van der Waals surface area (Å²) < 4.78 is 5.12. The normalized spacial score (nSPS) is 20.5. The number of nitrogens with zero attached hydrogens (tertiary/aromatic N) is 1. The van der Waals surface area contributed by atoms with Gasteiger partial charge in [-0.05, 0) is 18.6 Å². The van der Waals surface area contributed by atoms with Crippen LogP contribution in [0.3, 0.4) is 0 Å². The van der Waals surface area contributed by atoms with E-state index in [4.69, 9.17) is 4.74 Å². The zero-order valence-corrected chi connectivity index (χ0v) is 10.3. The second kappa shape index (κ2) is 4.84. The van der Waals surface area contributed by atoms with Crippen molar-refractivity contribution < 1.29 is 9.53 Å². The van der Waals surface area contributed by atoms with Gasteiger partial charge in [0.15, 0.2) is 5.06 Å². The van der Waals surface area contributed by atoms with Crippen molar-refractivity contribution in [3.05, 3.63) is 17.0 Å². The third-order valence-electron chi connectivity index (χ3n) is 2.79. The molecule has 16 heavy (non-hydrogen) atoms. The van der Waals surface area contributed by atoms with Crippen molar-refractivity contribution in [3.8, 4) is 5.06 Å². The average molecular weight is 240 g/mol. The SMILES string of the molecule is COc1ccc(CNC2CCN(C)C2=O)s1. The fourth-order valence-corrected chi connectivity index (χ4v) is 2.57. The number of ether oxygens (including phenoxy) is 1. The van der Waals surface area contributed by atoms with E-state index in [0.717, 1.165) is 24.6 Å². The molecule has 88 valence electrons. The maximum atomic E-state index is 11.6. The quantitative estimate of drug-likeness (QED) is 0.856. The summed E-state index contributed by atoms with van der Waals surface area (Å²) in [6, 6.07) is 3.96. The highest BCUT2D eigenvalue weighted by Gasteiger charge is 2.28. The highest BCUT2D eigenvalue weighted by atomic mass is 32.1. The van der Waals surface area contributed by atoms with Gasteiger partial charge in [-0.25, -0.2) is 0 Å². The summed E-state index contributed by atoms with van der Waals surface area (Å²) in [5.41, 5.74) is 0. The van der Waals surface area contributed by atoms with E-state index in [1.54, 1.807) is 23.3 Å². The van der Waals surface area contributed by atoms with Crippen molar-refractivity contribution in [2.75, 3.05) is 20.7 Å². The van der Waals surface area contributed by atoms with Gasteiger partial charge in [0.1, 0.15) is 0 Å². The van der Waals surface area contributed by atoms with E-state index in [9.17, 15) is 4.79 Å². The molecule has 0 aliphatic carbocycles. The standard InChI is InChI=1S/C11H16N2O2S/c1-13-6-5-9(11(13)14)12-7-8-3-4-10(15-2)16-8/h3-4,9,12H,5-7H2,1-2H3. The number of methoxy groups -OCH3 is 1. The Morgan fingerprint density at radius 3 is 3.00 bits per heavy atom. The fourth-order valence-electron chi connectivity index (χ4n) is 1.80. The lowest BCUT2D eigenvalue weighted by Gasteiger charge is -2.11. The summed E-state index contributed by atoms with van der Waals surface area (Å²) in [5.74, 6) is 0.198. The van der Waals surface area contributed by atoms with Crippen LogP contribution in [-0.2, 0) is 11.3 Å². The zero-order valence-electron chi connectivity index (χ0n) is 9.53. The minimum atomic E-state index is -0.0157. The largest absolute Gasteiger partial charge is 0.487 e. The van der Waals surface area contributed by atoms with Crippen LogP contribution in [0.2, 0.25) is 0 Å². The molecule has 1 unspecified atom stereocenters. The van der Waals surface area contributed by atoms with Crippen LogP contribution in [0.25, 0.3) is 0 Å². The lowest BCUT2D eigenvalue weighted by molar-refractivity contribution is -0.128. The summed E-state index contributed by atoms with van der Waals surface area (Å²) in [4.78, 5) is 14.6. The van der Waals surface area contributed by atoms with Crippen LogP contribution in [0.1, 0.15) is 11.3 Å². The Kier molecular flexibility index (Phi) is 3.46. The number of thiophene rings is 1. The second-order valence-corrected chi connectivity index (χ2v) is 5.04. The molecule has 0 radical (unpaired) electrons. The number of hydrogen-bond acceptors (Lipinski definition) is 4. The summed E-state index contributed by atoms with van der Waals surface area (Å²) in [5, 5.41) is 4.19. The van der Waals surface area contributed by atoms with Crippen molar-refractivity contribution in [1.29, 1.82) is 0 Å². The van der Waals surface area contributed by atoms with Crippen LogP contribution in [0.4, 0.5) is 0 Å². The molecule has 4 nitrogen and oxygen atoms in total. The molecule has 1 aliphatic heterocycles. The molecule has 0 spiro atoms. The molecular weight excluding hydrogens is 224 g/mol. The van der Waals surface area contributed by atoms with E-state index in [2.05, 4.69) is 5.32 Å². The maximum Gasteiger partial charge on any atom is 0.239 e. The van der Waals surface area contributed by atoms with Gasteiger partial charge in [0.25, 0.3) is 0 Å². The minimum absolute atomic E-state index is 0.0157. The number of rotatable bonds is 4. The minimum Gasteiger partial charge on any atom is -0.487 e. The summed E-state index contributed by atoms with van der Waals surface area (Å²) in [6.45, 7) is 1.59. The van der Waals surface area contributed by atoms with Crippen LogP contribution in [0.15, 0.2) is 12.1 Å². The summed E-state index contributed by atoms with van der Waals surface area (Å²) in [7, 11) is 3.51. The van der Waals surface area contributed by atoms with Gasteiger partial charge in [0, 0.05) is 25.0 Å². The predicted octanol–water partition coefficient (Wildman–Crippen LogP) is 1.08. The first kappa shape index (κ1) is 11.4. The highest BCUT2D eigenvalue weighted by Crippen LogP contribution is 2.23. The molecule has 1 aliphatic rings. The molecule has 1 atom stereocenters. The molecular formula is C11H16N2O2S.